The number of hydrogen-bond acceptors (Lipinski definition) is 2. The van der Waals surface area contributed by atoms with Crippen LogP contribution in [0, 0.1) is 0 Å². The van der Waals surface area contributed by atoms with Crippen LogP contribution in [-0.2, 0) is 6.54 Å². The van der Waals surface area contributed by atoms with Crippen LogP contribution in [0.2, 0.25) is 0 Å². The molecule has 0 amide bonds. The first-order valence-corrected chi connectivity index (χ1v) is 7.39. The average Bonchev–Trinajstić information content (AvgIpc) is 3.11. The summed E-state index contributed by atoms with van der Waals surface area (Å²) >= 11 is 0. The molecule has 2 aromatic carbocycles. The highest BCUT2D eigenvalue weighted by Crippen LogP contribution is 2.22. The molecule has 0 saturated heterocycles. The number of imidazole rings is 1. The van der Waals surface area contributed by atoms with E-state index in [4.69, 9.17) is 0 Å². The molecule has 110 valence electrons. The Balaban J connectivity index is 1.81. The Hall–Kier alpha value is -2.59. The zero-order valence-corrected chi connectivity index (χ0v) is 12.7. The van der Waals surface area contributed by atoms with Crippen molar-refractivity contribution in [2.45, 2.75) is 6.54 Å². The summed E-state index contributed by atoms with van der Waals surface area (Å²) in [6.45, 7) is 0.929. The number of hydrogen-bond donors (Lipinski definition) is 1. The number of fused-ring (bicyclic) bond motifs is 2. The van der Waals surface area contributed by atoms with Gasteiger partial charge in [0.25, 0.3) is 0 Å². The van der Waals surface area contributed by atoms with Gasteiger partial charge in [0.1, 0.15) is 6.33 Å². The number of aromatic amines is 1. The molecule has 1 N–H and O–H groups in total. The van der Waals surface area contributed by atoms with Crippen LogP contribution >= 0.6 is 0 Å². The molecule has 4 rings (SSSR count). The summed E-state index contributed by atoms with van der Waals surface area (Å²) in [5, 5.41) is 1.21. The largest absolute Gasteiger partial charge is 0.361 e. The Labute approximate surface area is 129 Å². The van der Waals surface area contributed by atoms with Gasteiger partial charge in [-0.2, -0.15) is 0 Å². The maximum Gasteiger partial charge on any atom is 0.100 e. The number of nitrogens with one attached hydrogen (secondary N) is 1. The van der Waals surface area contributed by atoms with Crippen molar-refractivity contribution in [3.63, 3.8) is 0 Å². The molecule has 0 bridgehead atoms. The molecular formula is C18H18N4. The van der Waals surface area contributed by atoms with E-state index >= 15 is 0 Å². The Morgan fingerprint density at radius 1 is 1.09 bits per heavy atom. The fourth-order valence-corrected chi connectivity index (χ4v) is 2.92. The van der Waals surface area contributed by atoms with Crippen LogP contribution in [0.3, 0.4) is 0 Å². The summed E-state index contributed by atoms with van der Waals surface area (Å²) in [7, 11) is 4.16. The van der Waals surface area contributed by atoms with Gasteiger partial charge in [0.2, 0.25) is 0 Å². The highest BCUT2D eigenvalue weighted by atomic mass is 15.1. The monoisotopic (exact) mass is 290 g/mol. The van der Waals surface area contributed by atoms with Crippen molar-refractivity contribution in [1.82, 2.24) is 19.4 Å². The highest BCUT2D eigenvalue weighted by Gasteiger charge is 2.07. The third-order valence-electron chi connectivity index (χ3n) is 3.93. The molecule has 0 aliphatic carbocycles. The van der Waals surface area contributed by atoms with Crippen LogP contribution in [0.4, 0.5) is 0 Å². The highest BCUT2D eigenvalue weighted by molar-refractivity contribution is 5.83. The summed E-state index contributed by atoms with van der Waals surface area (Å²) in [6, 6.07) is 15.0. The maximum absolute atomic E-state index is 4.57. The van der Waals surface area contributed by atoms with Crippen LogP contribution in [0.25, 0.3) is 27.6 Å². The molecule has 0 unspecified atom stereocenters. The van der Waals surface area contributed by atoms with Gasteiger partial charge >= 0.3 is 0 Å². The lowest BCUT2D eigenvalue weighted by Crippen LogP contribution is -2.10. The normalized spacial score (nSPS) is 11.8. The van der Waals surface area contributed by atoms with E-state index in [-0.39, 0.29) is 0 Å². The summed E-state index contributed by atoms with van der Waals surface area (Å²) < 4.78 is 2.14. The zero-order valence-electron chi connectivity index (χ0n) is 12.7. The van der Waals surface area contributed by atoms with Crippen LogP contribution in [0.1, 0.15) is 5.56 Å². The third kappa shape index (κ3) is 2.18. The van der Waals surface area contributed by atoms with Crippen LogP contribution in [-0.4, -0.2) is 33.5 Å². The van der Waals surface area contributed by atoms with Crippen LogP contribution < -0.4 is 0 Å². The maximum atomic E-state index is 4.57. The molecular weight excluding hydrogens is 272 g/mol. The minimum absolute atomic E-state index is 0.929. The fraction of sp³-hybridized carbons (Fsp3) is 0.167. The SMILES string of the molecule is CN(C)Cc1ccc2c(c1)ncn2-c1ccc2[nH]ccc2c1. The van der Waals surface area contributed by atoms with E-state index < -0.39 is 0 Å². The van der Waals surface area contributed by atoms with Gasteiger partial charge in [-0.1, -0.05) is 6.07 Å². The first-order chi connectivity index (χ1) is 10.7. The Morgan fingerprint density at radius 3 is 2.86 bits per heavy atom. The number of nitrogens with zero attached hydrogens (tertiary/aromatic N) is 3. The van der Waals surface area contributed by atoms with Gasteiger partial charge in [-0.3, -0.25) is 4.57 Å². The Morgan fingerprint density at radius 2 is 2.00 bits per heavy atom. The predicted molar refractivity (Wildman–Crippen MR) is 90.3 cm³/mol. The quantitative estimate of drug-likeness (QED) is 0.626. The number of rotatable bonds is 3. The Bertz CT molecular complexity index is 946. The minimum Gasteiger partial charge on any atom is -0.361 e. The van der Waals surface area contributed by atoms with E-state index in [9.17, 15) is 0 Å². The second-order valence-electron chi connectivity index (χ2n) is 5.92. The molecule has 4 aromatic rings. The molecule has 0 saturated carbocycles. The van der Waals surface area contributed by atoms with Crippen molar-refractivity contribution < 1.29 is 0 Å². The number of H-pyrrole nitrogens is 1. The lowest BCUT2D eigenvalue weighted by atomic mass is 10.2. The molecule has 0 radical (unpaired) electrons. The van der Waals surface area contributed by atoms with Gasteiger partial charge in [0.05, 0.1) is 11.0 Å². The molecule has 2 heterocycles. The lowest BCUT2D eigenvalue weighted by Gasteiger charge is -2.10. The van der Waals surface area contributed by atoms with E-state index in [1.807, 2.05) is 12.5 Å². The van der Waals surface area contributed by atoms with Crippen molar-refractivity contribution in [2.24, 2.45) is 0 Å². The molecule has 0 atom stereocenters. The van der Waals surface area contributed by atoms with Gasteiger partial charge in [0, 0.05) is 29.3 Å². The van der Waals surface area contributed by atoms with Gasteiger partial charge in [-0.15, -0.1) is 0 Å². The van der Waals surface area contributed by atoms with E-state index in [2.05, 4.69) is 76.0 Å². The van der Waals surface area contributed by atoms with Crippen molar-refractivity contribution in [3.05, 3.63) is 60.6 Å². The number of aromatic nitrogens is 3. The predicted octanol–water partition coefficient (Wildman–Crippen LogP) is 3.57. The molecule has 22 heavy (non-hydrogen) atoms. The first-order valence-electron chi connectivity index (χ1n) is 7.39. The standard InChI is InChI=1S/C18H18N4/c1-21(2)11-13-3-6-18-17(9-13)20-12-22(18)15-4-5-16-14(10-15)7-8-19-16/h3-10,12,19H,11H2,1-2H3. The van der Waals surface area contributed by atoms with Crippen molar-refractivity contribution in [3.8, 4) is 5.69 Å². The van der Waals surface area contributed by atoms with Gasteiger partial charge in [-0.25, -0.2) is 4.98 Å². The summed E-state index contributed by atoms with van der Waals surface area (Å²) in [6.07, 6.45) is 3.87. The van der Waals surface area contributed by atoms with Crippen LogP contribution in [0.5, 0.6) is 0 Å². The summed E-state index contributed by atoms with van der Waals surface area (Å²) in [5.74, 6) is 0. The van der Waals surface area contributed by atoms with Gasteiger partial charge in [0.15, 0.2) is 0 Å². The molecule has 0 spiro atoms. The zero-order chi connectivity index (χ0) is 15.1. The van der Waals surface area contributed by atoms with Crippen molar-refractivity contribution >= 4 is 21.9 Å². The van der Waals surface area contributed by atoms with E-state index in [0.29, 0.717) is 0 Å². The van der Waals surface area contributed by atoms with Crippen molar-refractivity contribution in [1.29, 1.82) is 0 Å². The smallest absolute Gasteiger partial charge is 0.100 e. The summed E-state index contributed by atoms with van der Waals surface area (Å²) in [5.41, 5.74) is 5.74. The second-order valence-corrected chi connectivity index (χ2v) is 5.92. The van der Waals surface area contributed by atoms with E-state index in [1.54, 1.807) is 0 Å². The van der Waals surface area contributed by atoms with Crippen molar-refractivity contribution in [2.75, 3.05) is 14.1 Å². The molecule has 4 heteroatoms. The van der Waals surface area contributed by atoms with Gasteiger partial charge < -0.3 is 9.88 Å². The third-order valence-corrected chi connectivity index (χ3v) is 3.93. The van der Waals surface area contributed by atoms with Gasteiger partial charge in [-0.05, 0) is 56.1 Å². The Kier molecular flexibility index (Phi) is 2.98. The van der Waals surface area contributed by atoms with Crippen LogP contribution in [0.15, 0.2) is 55.0 Å². The first kappa shape index (κ1) is 13.1. The topological polar surface area (TPSA) is 36.9 Å². The molecule has 0 aliphatic rings. The summed E-state index contributed by atoms with van der Waals surface area (Å²) in [4.78, 5) is 9.96. The minimum atomic E-state index is 0.929. The molecule has 0 fully saturated rings. The molecule has 0 aliphatic heterocycles. The lowest BCUT2D eigenvalue weighted by molar-refractivity contribution is 0.402. The van der Waals surface area contributed by atoms with E-state index in [0.717, 1.165) is 28.8 Å². The number of benzene rings is 2. The fourth-order valence-electron chi connectivity index (χ4n) is 2.92. The molecule has 4 nitrogen and oxygen atoms in total. The second kappa shape index (κ2) is 5.00. The molecule has 2 aromatic heterocycles. The average molecular weight is 290 g/mol. The van der Waals surface area contributed by atoms with E-state index in [1.165, 1.54) is 10.9 Å².